The summed E-state index contributed by atoms with van der Waals surface area (Å²) in [4.78, 5) is 12.8. The molecular formula is C15H12N2O3. The molecule has 0 atom stereocenters. The Morgan fingerprint density at radius 1 is 1.20 bits per heavy atom. The van der Waals surface area contributed by atoms with Gasteiger partial charge in [0.1, 0.15) is 17.1 Å². The van der Waals surface area contributed by atoms with Crippen LogP contribution >= 0.6 is 0 Å². The van der Waals surface area contributed by atoms with E-state index < -0.39 is 5.97 Å². The lowest BCUT2D eigenvalue weighted by Crippen LogP contribution is -2.23. The van der Waals surface area contributed by atoms with Gasteiger partial charge in [0.2, 0.25) is 0 Å². The average Bonchev–Trinajstić information content (AvgIpc) is 2.77. The van der Waals surface area contributed by atoms with Gasteiger partial charge in [0.05, 0.1) is 6.54 Å². The van der Waals surface area contributed by atoms with Crippen molar-refractivity contribution in [3.63, 3.8) is 0 Å². The molecule has 0 fully saturated rings. The number of phenols is 1. The van der Waals surface area contributed by atoms with Gasteiger partial charge in [0.25, 0.3) is 0 Å². The summed E-state index contributed by atoms with van der Waals surface area (Å²) in [5.41, 5.74) is 2.30. The first-order valence-electron chi connectivity index (χ1n) is 6.08. The molecule has 20 heavy (non-hydrogen) atoms. The highest BCUT2D eigenvalue weighted by Gasteiger charge is 2.25. The monoisotopic (exact) mass is 268 g/mol. The molecule has 100 valence electrons. The molecule has 0 aromatic heterocycles. The predicted octanol–water partition coefficient (Wildman–Crippen LogP) is 2.44. The minimum Gasteiger partial charge on any atom is -0.507 e. The third-order valence-corrected chi connectivity index (χ3v) is 3.39. The van der Waals surface area contributed by atoms with Crippen LogP contribution in [0.3, 0.4) is 0 Å². The molecule has 5 heteroatoms. The number of carboxylic acids is 1. The molecule has 2 aromatic carbocycles. The van der Waals surface area contributed by atoms with Crippen LogP contribution in [0.1, 0.15) is 21.5 Å². The number of anilines is 1. The lowest BCUT2D eigenvalue weighted by atomic mass is 10.1. The number of amidine groups is 1. The highest BCUT2D eigenvalue weighted by molar-refractivity contribution is 6.12. The fourth-order valence-corrected chi connectivity index (χ4v) is 2.37. The number of aromatic carboxylic acids is 1. The van der Waals surface area contributed by atoms with E-state index in [1.165, 1.54) is 12.1 Å². The van der Waals surface area contributed by atoms with E-state index in [-0.39, 0.29) is 11.3 Å². The Morgan fingerprint density at radius 2 is 1.95 bits per heavy atom. The van der Waals surface area contributed by atoms with Gasteiger partial charge in [-0.2, -0.15) is 0 Å². The minimum atomic E-state index is -1.19. The van der Waals surface area contributed by atoms with E-state index >= 15 is 0 Å². The molecule has 5 nitrogen and oxygen atoms in total. The number of rotatable bonds is 2. The molecule has 3 rings (SSSR count). The molecule has 3 N–H and O–H groups in total. The number of fused-ring (bicyclic) bond motifs is 1. The van der Waals surface area contributed by atoms with Gasteiger partial charge in [0, 0.05) is 11.3 Å². The summed E-state index contributed by atoms with van der Waals surface area (Å²) in [6.45, 7) is 0.527. The molecule has 1 aliphatic heterocycles. The molecule has 0 bridgehead atoms. The van der Waals surface area contributed by atoms with Gasteiger partial charge in [-0.1, -0.05) is 24.3 Å². The smallest absolute Gasteiger partial charge is 0.339 e. The minimum absolute atomic E-state index is 0.161. The van der Waals surface area contributed by atoms with E-state index in [0.29, 0.717) is 18.1 Å². The van der Waals surface area contributed by atoms with Crippen LogP contribution in [-0.2, 0) is 6.54 Å². The predicted molar refractivity (Wildman–Crippen MR) is 74.5 cm³/mol. The van der Waals surface area contributed by atoms with Crippen molar-refractivity contribution in [1.29, 1.82) is 5.41 Å². The molecule has 0 saturated carbocycles. The highest BCUT2D eigenvalue weighted by atomic mass is 16.4. The number of hydrogen-bond donors (Lipinski definition) is 3. The molecular weight excluding hydrogens is 256 g/mol. The van der Waals surface area contributed by atoms with Crippen LogP contribution < -0.4 is 4.90 Å². The Balaban J connectivity index is 2.02. The molecule has 0 unspecified atom stereocenters. The van der Waals surface area contributed by atoms with Crippen LogP contribution in [0.15, 0.2) is 42.5 Å². The van der Waals surface area contributed by atoms with Crippen LogP contribution in [-0.4, -0.2) is 22.0 Å². The summed E-state index contributed by atoms with van der Waals surface area (Å²) >= 11 is 0. The quantitative estimate of drug-likeness (QED) is 0.781. The molecule has 0 amide bonds. The van der Waals surface area contributed by atoms with E-state index in [1.54, 1.807) is 11.0 Å². The number of nitrogens with zero attached hydrogens (tertiary/aromatic N) is 1. The van der Waals surface area contributed by atoms with Crippen LogP contribution in [0.4, 0.5) is 5.69 Å². The SMILES string of the molecule is N=C1c2ccccc2CN1c1ccc(O)c(C(=O)O)c1. The fraction of sp³-hybridized carbons (Fsp3) is 0.0667. The van der Waals surface area contributed by atoms with Gasteiger partial charge in [0.15, 0.2) is 0 Å². The number of benzene rings is 2. The molecule has 2 aromatic rings. The third-order valence-electron chi connectivity index (χ3n) is 3.39. The van der Waals surface area contributed by atoms with E-state index in [2.05, 4.69) is 0 Å². The lowest BCUT2D eigenvalue weighted by molar-refractivity contribution is 0.0694. The summed E-state index contributed by atoms with van der Waals surface area (Å²) in [7, 11) is 0. The summed E-state index contributed by atoms with van der Waals surface area (Å²) in [5, 5.41) is 26.7. The maximum atomic E-state index is 11.1. The molecule has 0 saturated heterocycles. The van der Waals surface area contributed by atoms with Gasteiger partial charge >= 0.3 is 5.97 Å². The van der Waals surface area contributed by atoms with Crippen LogP contribution in [0.25, 0.3) is 0 Å². The second-order valence-electron chi connectivity index (χ2n) is 4.60. The van der Waals surface area contributed by atoms with Crippen LogP contribution in [0, 0.1) is 5.41 Å². The zero-order valence-corrected chi connectivity index (χ0v) is 10.5. The van der Waals surface area contributed by atoms with Crippen molar-refractivity contribution in [1.82, 2.24) is 0 Å². The van der Waals surface area contributed by atoms with E-state index in [4.69, 9.17) is 10.5 Å². The summed E-state index contributed by atoms with van der Waals surface area (Å²) in [6, 6.07) is 11.9. The Morgan fingerprint density at radius 3 is 2.65 bits per heavy atom. The summed E-state index contributed by atoms with van der Waals surface area (Å²) in [5.74, 6) is -1.13. The van der Waals surface area contributed by atoms with E-state index in [9.17, 15) is 9.90 Å². The first kappa shape index (κ1) is 12.2. The maximum Gasteiger partial charge on any atom is 0.339 e. The van der Waals surface area contributed by atoms with Gasteiger partial charge in [-0.05, 0) is 23.8 Å². The normalized spacial score (nSPS) is 13.4. The van der Waals surface area contributed by atoms with Gasteiger partial charge in [-0.3, -0.25) is 5.41 Å². The standard InChI is InChI=1S/C15H12N2O3/c16-14-11-4-2-1-3-9(11)8-17(14)10-5-6-13(18)12(7-10)15(19)20/h1-7,16,18H,8H2,(H,19,20). The first-order valence-corrected chi connectivity index (χ1v) is 6.08. The van der Waals surface area contributed by atoms with Gasteiger partial charge in [-0.25, -0.2) is 4.79 Å². The van der Waals surface area contributed by atoms with Crippen LogP contribution in [0.5, 0.6) is 5.75 Å². The van der Waals surface area contributed by atoms with E-state index in [1.807, 2.05) is 24.3 Å². The molecule has 1 heterocycles. The highest BCUT2D eigenvalue weighted by Crippen LogP contribution is 2.31. The third kappa shape index (κ3) is 1.80. The zero-order valence-electron chi connectivity index (χ0n) is 10.5. The van der Waals surface area contributed by atoms with Crippen molar-refractivity contribution in [2.45, 2.75) is 6.54 Å². The van der Waals surface area contributed by atoms with Crippen molar-refractivity contribution in [3.8, 4) is 5.75 Å². The van der Waals surface area contributed by atoms with Crippen molar-refractivity contribution in [3.05, 3.63) is 59.2 Å². The maximum absolute atomic E-state index is 11.1. The second-order valence-corrected chi connectivity index (χ2v) is 4.60. The molecule has 0 spiro atoms. The summed E-state index contributed by atoms with van der Waals surface area (Å²) in [6.07, 6.45) is 0. The van der Waals surface area contributed by atoms with Crippen molar-refractivity contribution >= 4 is 17.5 Å². The van der Waals surface area contributed by atoms with Crippen molar-refractivity contribution < 1.29 is 15.0 Å². The molecule has 0 aliphatic carbocycles. The Kier molecular flexibility index (Phi) is 2.68. The number of nitrogens with one attached hydrogen (secondary N) is 1. The zero-order chi connectivity index (χ0) is 14.3. The average molecular weight is 268 g/mol. The topological polar surface area (TPSA) is 84.6 Å². The number of carbonyl (C=O) groups is 1. The second kappa shape index (κ2) is 4.38. The van der Waals surface area contributed by atoms with E-state index in [0.717, 1.165) is 11.1 Å². The summed E-state index contributed by atoms with van der Waals surface area (Å²) < 4.78 is 0. The first-order chi connectivity index (χ1) is 9.58. The Labute approximate surface area is 115 Å². The molecule has 1 aliphatic rings. The number of aromatic hydroxyl groups is 1. The van der Waals surface area contributed by atoms with Gasteiger partial charge < -0.3 is 15.1 Å². The molecule has 0 radical (unpaired) electrons. The fourth-order valence-electron chi connectivity index (χ4n) is 2.37. The van der Waals surface area contributed by atoms with Crippen molar-refractivity contribution in [2.24, 2.45) is 0 Å². The van der Waals surface area contributed by atoms with Crippen molar-refractivity contribution in [2.75, 3.05) is 4.90 Å². The number of hydrogen-bond acceptors (Lipinski definition) is 3. The van der Waals surface area contributed by atoms with Crippen LogP contribution in [0.2, 0.25) is 0 Å². The number of carboxylic acid groups (broad SMARTS) is 1. The largest absolute Gasteiger partial charge is 0.507 e. The van der Waals surface area contributed by atoms with Gasteiger partial charge in [-0.15, -0.1) is 0 Å². The lowest BCUT2D eigenvalue weighted by Gasteiger charge is -2.18. The Bertz CT molecular complexity index is 725. The Hall–Kier alpha value is -2.82.